The predicted octanol–water partition coefficient (Wildman–Crippen LogP) is 5.95. The van der Waals surface area contributed by atoms with E-state index in [9.17, 15) is 34.4 Å². The molecular weight excluding hydrogens is 541 g/mol. The van der Waals surface area contributed by atoms with Gasteiger partial charge in [0, 0.05) is 11.5 Å². The molecule has 0 saturated carbocycles. The van der Waals surface area contributed by atoms with Crippen LogP contribution >= 0.6 is 11.3 Å². The van der Waals surface area contributed by atoms with Gasteiger partial charge in [-0.05, 0) is 78.0 Å². The van der Waals surface area contributed by atoms with Gasteiger partial charge in [-0.2, -0.15) is 10.5 Å². The first-order valence-corrected chi connectivity index (χ1v) is 13.5. The molecule has 0 aliphatic carbocycles. The number of nitrogens with zero attached hydrogens (tertiary/aromatic N) is 3. The van der Waals surface area contributed by atoms with E-state index in [-0.39, 0.29) is 11.3 Å². The monoisotopic (exact) mass is 563 g/mol. The largest absolute Gasteiger partial charge is 0.479 e. The van der Waals surface area contributed by atoms with Crippen molar-refractivity contribution in [3.05, 3.63) is 129 Å². The molecule has 2 heterocycles. The van der Waals surface area contributed by atoms with E-state index in [4.69, 9.17) is 0 Å². The average molecular weight is 564 g/mol. The number of nitriles is 2. The van der Waals surface area contributed by atoms with E-state index in [1.807, 2.05) is 12.1 Å². The molecule has 1 aliphatic rings. The van der Waals surface area contributed by atoms with Gasteiger partial charge in [0.15, 0.2) is 5.78 Å². The highest BCUT2D eigenvalue weighted by Crippen LogP contribution is 2.57. The molecule has 202 valence electrons. The van der Waals surface area contributed by atoms with Gasteiger partial charge < -0.3 is 10.0 Å². The lowest BCUT2D eigenvalue weighted by Crippen LogP contribution is -2.54. The molecule has 4 unspecified atom stereocenters. The molecule has 9 heteroatoms. The van der Waals surface area contributed by atoms with Crippen molar-refractivity contribution in [1.82, 2.24) is 4.90 Å². The van der Waals surface area contributed by atoms with Crippen LogP contribution in [-0.2, 0) is 4.79 Å². The Morgan fingerprint density at radius 3 is 1.93 bits per heavy atom. The Morgan fingerprint density at radius 1 is 0.878 bits per heavy atom. The summed E-state index contributed by atoms with van der Waals surface area (Å²) in [5, 5.41) is 31.3. The van der Waals surface area contributed by atoms with Crippen LogP contribution in [0.25, 0.3) is 0 Å². The second-order valence-corrected chi connectivity index (χ2v) is 10.8. The van der Waals surface area contributed by atoms with Crippen molar-refractivity contribution in [1.29, 1.82) is 10.5 Å². The van der Waals surface area contributed by atoms with Crippen molar-refractivity contribution in [3.63, 3.8) is 0 Å². The summed E-state index contributed by atoms with van der Waals surface area (Å²) in [6, 6.07) is 23.8. The number of halogens is 1. The van der Waals surface area contributed by atoms with Gasteiger partial charge in [-0.1, -0.05) is 30.3 Å². The quantitative estimate of drug-likeness (QED) is 0.289. The van der Waals surface area contributed by atoms with Gasteiger partial charge in [0.1, 0.15) is 11.4 Å². The molecule has 1 saturated heterocycles. The second kappa shape index (κ2) is 10.8. The molecule has 4 aromatic rings. The van der Waals surface area contributed by atoms with Crippen LogP contribution in [0.4, 0.5) is 4.39 Å². The third kappa shape index (κ3) is 4.67. The summed E-state index contributed by atoms with van der Waals surface area (Å²) in [7, 11) is 0. The first-order chi connectivity index (χ1) is 19.7. The zero-order valence-corrected chi connectivity index (χ0v) is 22.5. The molecule has 0 radical (unpaired) electrons. The van der Waals surface area contributed by atoms with E-state index in [1.54, 1.807) is 66.0 Å². The van der Waals surface area contributed by atoms with Crippen molar-refractivity contribution in [2.45, 2.75) is 24.4 Å². The third-order valence-corrected chi connectivity index (χ3v) is 8.56. The molecule has 0 bridgehead atoms. The number of likely N-dealkylation sites (tertiary alicyclic amines) is 1. The number of rotatable bonds is 6. The molecule has 7 nitrogen and oxygen atoms in total. The molecule has 1 aliphatic heterocycles. The van der Waals surface area contributed by atoms with Crippen molar-refractivity contribution in [2.24, 2.45) is 5.92 Å². The molecule has 1 aromatic heterocycles. The zero-order chi connectivity index (χ0) is 29.3. The van der Waals surface area contributed by atoms with Crippen LogP contribution in [0.1, 0.15) is 61.2 Å². The number of hydrogen-bond acceptors (Lipinski definition) is 6. The lowest BCUT2D eigenvalue weighted by atomic mass is 9.72. The molecule has 1 N–H and O–H groups in total. The zero-order valence-electron chi connectivity index (χ0n) is 21.7. The molecular formula is C32H22FN3O4S. The first-order valence-electron chi connectivity index (χ1n) is 12.6. The van der Waals surface area contributed by atoms with E-state index in [1.165, 1.54) is 35.3 Å². The lowest BCUT2D eigenvalue weighted by Gasteiger charge is -2.38. The number of carbonyl (C=O) groups is 3. The maximum atomic E-state index is 14.3. The SMILES string of the molecule is CC1(C(=O)O)C(c2ccc(C#N)cc2)C(C(=O)c2cccs2)C(c2ccc(C#N)cc2)N1C(=O)c1ccc(F)cc1. The summed E-state index contributed by atoms with van der Waals surface area (Å²) in [6.07, 6.45) is 0. The van der Waals surface area contributed by atoms with Crippen LogP contribution in [0, 0.1) is 34.4 Å². The summed E-state index contributed by atoms with van der Waals surface area (Å²) < 4.78 is 13.8. The van der Waals surface area contributed by atoms with Gasteiger partial charge >= 0.3 is 5.97 Å². The lowest BCUT2D eigenvalue weighted by molar-refractivity contribution is -0.148. The number of carboxylic acids is 1. The normalized spacial score (nSPS) is 21.6. The van der Waals surface area contributed by atoms with Crippen LogP contribution in [0.15, 0.2) is 90.3 Å². The number of thiophene rings is 1. The smallest absolute Gasteiger partial charge is 0.330 e. The van der Waals surface area contributed by atoms with Crippen LogP contribution < -0.4 is 0 Å². The molecule has 0 spiro atoms. The Balaban J connectivity index is 1.82. The molecule has 41 heavy (non-hydrogen) atoms. The molecule has 1 amide bonds. The average Bonchev–Trinajstić information content (AvgIpc) is 3.63. The molecule has 3 aromatic carbocycles. The summed E-state index contributed by atoms with van der Waals surface area (Å²) in [5.74, 6) is -5.02. The van der Waals surface area contributed by atoms with E-state index < -0.39 is 41.1 Å². The highest BCUT2D eigenvalue weighted by Gasteiger charge is 2.65. The van der Waals surface area contributed by atoms with E-state index in [2.05, 4.69) is 0 Å². The standard InChI is InChI=1S/C32H22FN3O4S/c1-32(31(39)40)27(21-8-4-19(17-34)5-9-21)26(29(37)25-3-2-16-41-25)28(22-10-6-20(18-35)7-11-22)36(32)30(38)23-12-14-24(33)15-13-23/h2-16,26-28H,1H3,(H,39,40). The van der Waals surface area contributed by atoms with Crippen molar-refractivity contribution < 1.29 is 23.9 Å². The van der Waals surface area contributed by atoms with Gasteiger partial charge in [0.25, 0.3) is 5.91 Å². The second-order valence-electron chi connectivity index (χ2n) is 9.89. The number of aliphatic carboxylic acids is 1. The Hall–Kier alpha value is -5.12. The van der Waals surface area contributed by atoms with Gasteiger partial charge in [-0.3, -0.25) is 9.59 Å². The van der Waals surface area contributed by atoms with E-state index >= 15 is 0 Å². The van der Waals surface area contributed by atoms with Crippen LogP contribution in [0.2, 0.25) is 0 Å². The Labute approximate surface area is 239 Å². The Kier molecular flexibility index (Phi) is 7.23. The number of Topliss-reactive ketones (excluding diaryl/α,β-unsaturated/α-hetero) is 1. The van der Waals surface area contributed by atoms with Crippen LogP contribution in [0.3, 0.4) is 0 Å². The van der Waals surface area contributed by atoms with Crippen molar-refractivity contribution in [3.8, 4) is 12.1 Å². The Bertz CT molecular complexity index is 1710. The van der Waals surface area contributed by atoms with Gasteiger partial charge in [0.05, 0.1) is 40.1 Å². The van der Waals surface area contributed by atoms with Crippen LogP contribution in [0.5, 0.6) is 0 Å². The van der Waals surface area contributed by atoms with Crippen LogP contribution in [-0.4, -0.2) is 33.2 Å². The summed E-state index contributed by atoms with van der Waals surface area (Å²) in [5.41, 5.74) is -0.243. The molecule has 5 rings (SSSR count). The summed E-state index contributed by atoms with van der Waals surface area (Å²) in [4.78, 5) is 43.5. The summed E-state index contributed by atoms with van der Waals surface area (Å²) >= 11 is 1.21. The van der Waals surface area contributed by atoms with Crippen molar-refractivity contribution in [2.75, 3.05) is 0 Å². The minimum atomic E-state index is -1.95. The molecule has 1 fully saturated rings. The Morgan fingerprint density at radius 2 is 1.44 bits per heavy atom. The number of hydrogen-bond donors (Lipinski definition) is 1. The summed E-state index contributed by atoms with van der Waals surface area (Å²) in [6.45, 7) is 1.41. The first kappa shape index (κ1) is 27.4. The van der Waals surface area contributed by atoms with Gasteiger partial charge in [0.2, 0.25) is 0 Å². The van der Waals surface area contributed by atoms with Gasteiger partial charge in [-0.15, -0.1) is 11.3 Å². The highest BCUT2D eigenvalue weighted by molar-refractivity contribution is 7.12. The predicted molar refractivity (Wildman–Crippen MR) is 149 cm³/mol. The van der Waals surface area contributed by atoms with E-state index in [0.717, 1.165) is 12.1 Å². The third-order valence-electron chi connectivity index (χ3n) is 7.67. The fraction of sp³-hybridized carbons (Fsp3) is 0.156. The number of benzene rings is 3. The fourth-order valence-corrected chi connectivity index (χ4v) is 6.44. The number of carbonyl (C=O) groups excluding carboxylic acids is 2. The number of ketones is 1. The fourth-order valence-electron chi connectivity index (χ4n) is 5.72. The number of carboxylic acid groups (broad SMARTS) is 1. The highest BCUT2D eigenvalue weighted by atomic mass is 32.1. The topological polar surface area (TPSA) is 122 Å². The maximum Gasteiger partial charge on any atom is 0.330 e. The minimum absolute atomic E-state index is 0.0559. The van der Waals surface area contributed by atoms with Gasteiger partial charge in [-0.25, -0.2) is 9.18 Å². The van der Waals surface area contributed by atoms with Crippen molar-refractivity contribution >= 4 is 29.0 Å². The maximum absolute atomic E-state index is 14.3. The molecule has 4 atom stereocenters. The number of amides is 1. The minimum Gasteiger partial charge on any atom is -0.479 e. The van der Waals surface area contributed by atoms with E-state index in [0.29, 0.717) is 27.1 Å².